The number of oxazole rings is 1. The van der Waals surface area contributed by atoms with E-state index in [0.717, 1.165) is 18.8 Å². The first-order valence-corrected chi connectivity index (χ1v) is 9.19. The van der Waals surface area contributed by atoms with Gasteiger partial charge in [0.15, 0.2) is 5.69 Å². The molecule has 2 atom stereocenters. The van der Waals surface area contributed by atoms with Crippen molar-refractivity contribution in [3.05, 3.63) is 42.1 Å². The van der Waals surface area contributed by atoms with Gasteiger partial charge < -0.3 is 30.4 Å². The Hall–Kier alpha value is -2.91. The van der Waals surface area contributed by atoms with E-state index in [1.165, 1.54) is 6.26 Å². The molecule has 0 radical (unpaired) electrons. The molecule has 9 heteroatoms. The van der Waals surface area contributed by atoms with Crippen molar-refractivity contribution in [2.24, 2.45) is 5.73 Å². The molecule has 0 spiro atoms. The average Bonchev–Trinajstić information content (AvgIpc) is 3.20. The standard InChI is InChI=1S/C19H25N5O4/c1-12(20)19-23-16(11-28-19)18(26)21-13(2)17(25)22-14-3-5-15(6-4-14)24-7-9-27-10-8-24/h3-6,11-13H,7-10,20H2,1-2H3,(H,21,26)(H,22,25)/t12-,13-/m0/s1. The van der Waals surface area contributed by atoms with Gasteiger partial charge in [-0.15, -0.1) is 0 Å². The number of nitrogens with two attached hydrogens (primary N) is 1. The maximum atomic E-state index is 12.4. The summed E-state index contributed by atoms with van der Waals surface area (Å²) in [6.07, 6.45) is 1.23. The molecule has 2 heterocycles. The van der Waals surface area contributed by atoms with Gasteiger partial charge in [-0.05, 0) is 38.1 Å². The molecule has 150 valence electrons. The van der Waals surface area contributed by atoms with E-state index in [0.29, 0.717) is 18.9 Å². The number of amides is 2. The molecule has 4 N–H and O–H groups in total. The summed E-state index contributed by atoms with van der Waals surface area (Å²) in [7, 11) is 0. The lowest BCUT2D eigenvalue weighted by molar-refractivity contribution is -0.117. The highest BCUT2D eigenvalue weighted by molar-refractivity contribution is 6.00. The Bertz CT molecular complexity index is 812. The van der Waals surface area contributed by atoms with E-state index < -0.39 is 18.0 Å². The molecule has 0 aliphatic carbocycles. The fraction of sp³-hybridized carbons (Fsp3) is 0.421. The third-order valence-corrected chi connectivity index (χ3v) is 4.40. The van der Waals surface area contributed by atoms with Crippen LogP contribution in [0.3, 0.4) is 0 Å². The predicted octanol–water partition coefficient (Wildman–Crippen LogP) is 1.29. The number of nitrogens with zero attached hydrogens (tertiary/aromatic N) is 2. The number of nitrogens with one attached hydrogen (secondary N) is 2. The highest BCUT2D eigenvalue weighted by atomic mass is 16.5. The first-order chi connectivity index (χ1) is 13.4. The maximum Gasteiger partial charge on any atom is 0.273 e. The molecule has 28 heavy (non-hydrogen) atoms. The number of aromatic nitrogens is 1. The van der Waals surface area contributed by atoms with Crippen LogP contribution >= 0.6 is 0 Å². The molecule has 2 amide bonds. The van der Waals surface area contributed by atoms with Crippen molar-refractivity contribution in [3.63, 3.8) is 0 Å². The van der Waals surface area contributed by atoms with Crippen molar-refractivity contribution in [2.75, 3.05) is 36.5 Å². The minimum atomic E-state index is -0.748. The Morgan fingerprint density at radius 1 is 1.18 bits per heavy atom. The normalized spacial score (nSPS) is 16.3. The van der Waals surface area contributed by atoms with E-state index in [4.69, 9.17) is 14.9 Å². The van der Waals surface area contributed by atoms with Gasteiger partial charge in [0.25, 0.3) is 5.91 Å². The summed E-state index contributed by atoms with van der Waals surface area (Å²) >= 11 is 0. The molecule has 1 fully saturated rings. The molecule has 1 aromatic carbocycles. The van der Waals surface area contributed by atoms with Crippen LogP contribution in [-0.2, 0) is 9.53 Å². The van der Waals surface area contributed by atoms with Crippen LogP contribution < -0.4 is 21.3 Å². The molecule has 9 nitrogen and oxygen atoms in total. The molecular weight excluding hydrogens is 362 g/mol. The number of hydrogen-bond acceptors (Lipinski definition) is 7. The molecule has 1 aliphatic rings. The molecule has 1 aromatic heterocycles. The fourth-order valence-corrected chi connectivity index (χ4v) is 2.76. The second-order valence-corrected chi connectivity index (χ2v) is 6.69. The Kier molecular flexibility index (Phi) is 6.27. The van der Waals surface area contributed by atoms with Crippen LogP contribution in [0.5, 0.6) is 0 Å². The minimum Gasteiger partial charge on any atom is -0.446 e. The topological polar surface area (TPSA) is 123 Å². The van der Waals surface area contributed by atoms with E-state index >= 15 is 0 Å². The Balaban J connectivity index is 1.53. The highest BCUT2D eigenvalue weighted by Crippen LogP contribution is 2.19. The number of morpholine rings is 1. The van der Waals surface area contributed by atoms with Crippen LogP contribution in [0.2, 0.25) is 0 Å². The van der Waals surface area contributed by atoms with E-state index in [1.807, 2.05) is 24.3 Å². The first kappa shape index (κ1) is 19.8. The zero-order chi connectivity index (χ0) is 20.1. The van der Waals surface area contributed by atoms with Gasteiger partial charge in [0.1, 0.15) is 12.3 Å². The van der Waals surface area contributed by atoms with Gasteiger partial charge in [-0.2, -0.15) is 0 Å². The number of carbonyl (C=O) groups is 2. The average molecular weight is 387 g/mol. The minimum absolute atomic E-state index is 0.0850. The second-order valence-electron chi connectivity index (χ2n) is 6.69. The van der Waals surface area contributed by atoms with E-state index in [2.05, 4.69) is 20.5 Å². The van der Waals surface area contributed by atoms with Crippen LogP contribution in [0, 0.1) is 0 Å². The third kappa shape index (κ3) is 4.87. The van der Waals surface area contributed by atoms with Gasteiger partial charge in [0.05, 0.1) is 19.3 Å². The lowest BCUT2D eigenvalue weighted by atomic mass is 10.2. The van der Waals surface area contributed by atoms with Gasteiger partial charge in [-0.1, -0.05) is 0 Å². The van der Waals surface area contributed by atoms with Crippen LogP contribution in [-0.4, -0.2) is 49.1 Å². The smallest absolute Gasteiger partial charge is 0.273 e. The number of anilines is 2. The summed E-state index contributed by atoms with van der Waals surface area (Å²) in [5, 5.41) is 5.39. The molecule has 0 bridgehead atoms. The van der Waals surface area contributed by atoms with Gasteiger partial charge >= 0.3 is 0 Å². The fourth-order valence-electron chi connectivity index (χ4n) is 2.76. The van der Waals surface area contributed by atoms with Crippen LogP contribution in [0.4, 0.5) is 11.4 Å². The molecule has 0 unspecified atom stereocenters. The predicted molar refractivity (Wildman–Crippen MR) is 104 cm³/mol. The Labute approximate surface area is 163 Å². The van der Waals surface area contributed by atoms with E-state index in [9.17, 15) is 9.59 Å². The molecule has 3 rings (SSSR count). The number of rotatable bonds is 6. The molecule has 2 aromatic rings. The van der Waals surface area contributed by atoms with Crippen LogP contribution in [0.15, 0.2) is 34.9 Å². The summed E-state index contributed by atoms with van der Waals surface area (Å²) in [6, 6.07) is 6.42. The van der Waals surface area contributed by atoms with Gasteiger partial charge in [-0.3, -0.25) is 9.59 Å². The molecular formula is C19H25N5O4. The zero-order valence-electron chi connectivity index (χ0n) is 16.0. The Morgan fingerprint density at radius 3 is 2.46 bits per heavy atom. The van der Waals surface area contributed by atoms with Crippen molar-refractivity contribution in [2.45, 2.75) is 25.9 Å². The largest absolute Gasteiger partial charge is 0.446 e. The molecule has 0 saturated carbocycles. The SMILES string of the molecule is C[C@H](NC(=O)c1coc([C@H](C)N)n1)C(=O)Nc1ccc(N2CCOCC2)cc1. The van der Waals surface area contributed by atoms with Gasteiger partial charge in [0, 0.05) is 24.5 Å². The van der Waals surface area contributed by atoms with Crippen molar-refractivity contribution in [1.82, 2.24) is 10.3 Å². The third-order valence-electron chi connectivity index (χ3n) is 4.40. The Morgan fingerprint density at radius 2 is 1.86 bits per heavy atom. The monoisotopic (exact) mass is 387 g/mol. The van der Waals surface area contributed by atoms with Crippen molar-refractivity contribution in [3.8, 4) is 0 Å². The quantitative estimate of drug-likeness (QED) is 0.682. The lowest BCUT2D eigenvalue weighted by Crippen LogP contribution is -2.41. The van der Waals surface area contributed by atoms with Gasteiger partial charge in [-0.25, -0.2) is 4.98 Å². The van der Waals surface area contributed by atoms with E-state index in [1.54, 1.807) is 13.8 Å². The first-order valence-electron chi connectivity index (χ1n) is 9.19. The molecule has 1 aliphatic heterocycles. The molecule has 1 saturated heterocycles. The number of hydrogen-bond donors (Lipinski definition) is 3. The summed E-state index contributed by atoms with van der Waals surface area (Å²) in [4.78, 5) is 30.8. The summed E-state index contributed by atoms with van der Waals surface area (Å²) in [5.74, 6) is -0.563. The number of carbonyl (C=O) groups excluding carboxylic acids is 2. The maximum absolute atomic E-state index is 12.4. The van der Waals surface area contributed by atoms with E-state index in [-0.39, 0.29) is 17.5 Å². The van der Waals surface area contributed by atoms with Gasteiger partial charge in [0.2, 0.25) is 11.8 Å². The zero-order valence-corrected chi connectivity index (χ0v) is 16.0. The van der Waals surface area contributed by atoms with Crippen molar-refractivity contribution < 1.29 is 18.7 Å². The summed E-state index contributed by atoms with van der Waals surface area (Å²) in [6.45, 7) is 6.43. The van der Waals surface area contributed by atoms with Crippen molar-refractivity contribution >= 4 is 23.2 Å². The number of ether oxygens (including phenoxy) is 1. The van der Waals surface area contributed by atoms with Crippen molar-refractivity contribution in [1.29, 1.82) is 0 Å². The lowest BCUT2D eigenvalue weighted by Gasteiger charge is -2.29. The van der Waals surface area contributed by atoms with Crippen LogP contribution in [0.25, 0.3) is 0 Å². The second kappa shape index (κ2) is 8.85. The summed E-state index contributed by atoms with van der Waals surface area (Å²) < 4.78 is 10.5. The highest BCUT2D eigenvalue weighted by Gasteiger charge is 2.20. The summed E-state index contributed by atoms with van der Waals surface area (Å²) in [5.41, 5.74) is 7.48. The van der Waals surface area contributed by atoms with Crippen LogP contribution in [0.1, 0.15) is 36.3 Å². The number of benzene rings is 1.